The molecule has 334 valence electrons. The molecule has 0 aromatic carbocycles. The molecule has 0 radical (unpaired) electrons. The summed E-state index contributed by atoms with van der Waals surface area (Å²) in [6.45, 7) is 6.94. The molecule has 0 saturated heterocycles. The number of pyridine rings is 5. The Morgan fingerprint density at radius 2 is 0.969 bits per heavy atom. The lowest BCUT2D eigenvalue weighted by Crippen LogP contribution is -2.29. The third-order valence-corrected chi connectivity index (χ3v) is 12.5. The first kappa shape index (κ1) is 53.7. The molecule has 0 saturated carbocycles. The first-order chi connectivity index (χ1) is 30.9. The Balaban J connectivity index is 0.000000182. The largest absolute Gasteiger partial charge is 0.244 e. The molecule has 65 heavy (non-hydrogen) atoms. The van der Waals surface area contributed by atoms with Crippen molar-refractivity contribution < 1.29 is 4.39 Å². The summed E-state index contributed by atoms with van der Waals surface area (Å²) in [6, 6.07) is 17.5. The summed E-state index contributed by atoms with van der Waals surface area (Å²) in [7, 11) is 2.12. The smallest absolute Gasteiger partial charge is 0.239 e. The van der Waals surface area contributed by atoms with Gasteiger partial charge in [0.2, 0.25) is 5.95 Å². The summed E-state index contributed by atoms with van der Waals surface area (Å²) in [5.41, 5.74) is 5.95. The Hall–Kier alpha value is -3.92. The van der Waals surface area contributed by atoms with E-state index in [2.05, 4.69) is 136 Å². The fourth-order valence-corrected chi connectivity index (χ4v) is 8.10. The highest BCUT2D eigenvalue weighted by Gasteiger charge is 2.19. The maximum absolute atomic E-state index is 13.3. The van der Waals surface area contributed by atoms with Gasteiger partial charge in [-0.3, -0.25) is 0 Å². The number of halogens is 9. The van der Waals surface area contributed by atoms with Gasteiger partial charge in [0.25, 0.3) is 0 Å². The van der Waals surface area contributed by atoms with Crippen molar-refractivity contribution in [3.63, 3.8) is 0 Å². The van der Waals surface area contributed by atoms with Crippen molar-refractivity contribution >= 4 is 134 Å². The van der Waals surface area contributed by atoms with Gasteiger partial charge in [-0.1, -0.05) is 105 Å². The topological polar surface area (TPSA) is 157 Å². The first-order valence-corrected chi connectivity index (χ1v) is 27.1. The third kappa shape index (κ3) is 17.7. The van der Waals surface area contributed by atoms with Gasteiger partial charge in [-0.05, 0) is 110 Å². The Morgan fingerprint density at radius 3 is 1.32 bits per heavy atom. The van der Waals surface area contributed by atoms with Crippen molar-refractivity contribution in [2.24, 2.45) is 14.1 Å². The fourth-order valence-electron chi connectivity index (χ4n) is 4.59. The van der Waals surface area contributed by atoms with Crippen LogP contribution in [0, 0.1) is 35.5 Å². The van der Waals surface area contributed by atoms with E-state index in [4.69, 9.17) is 64.4 Å². The highest BCUT2D eigenvalue weighted by Crippen LogP contribution is 2.25. The summed E-state index contributed by atoms with van der Waals surface area (Å²) in [6.07, 6.45) is 14.1. The van der Waals surface area contributed by atoms with Crippen LogP contribution in [0.15, 0.2) is 91.6 Å². The predicted octanol–water partition coefficient (Wildman–Crippen LogP) is 11.5. The summed E-state index contributed by atoms with van der Waals surface area (Å²) >= 11 is 34.6. The van der Waals surface area contributed by atoms with E-state index in [1.54, 1.807) is 71.9 Å². The van der Waals surface area contributed by atoms with E-state index in [9.17, 15) is 4.39 Å². The van der Waals surface area contributed by atoms with Crippen LogP contribution in [0.25, 0.3) is 33.8 Å². The van der Waals surface area contributed by atoms with Gasteiger partial charge >= 0.3 is 0 Å². The number of aromatic nitrogens is 14. The summed E-state index contributed by atoms with van der Waals surface area (Å²) in [4.78, 5) is 19.5. The lowest BCUT2D eigenvalue weighted by Gasteiger charge is -2.15. The second-order valence-electron chi connectivity index (χ2n) is 13.9. The molecule has 0 spiro atoms. The zero-order valence-corrected chi connectivity index (χ0v) is 45.9. The van der Waals surface area contributed by atoms with Crippen molar-refractivity contribution in [3.8, 4) is 56.0 Å². The van der Waals surface area contributed by atoms with Crippen LogP contribution in [0.2, 0.25) is 45.4 Å². The summed E-state index contributed by atoms with van der Waals surface area (Å²) in [5, 5.41) is 25.9. The van der Waals surface area contributed by atoms with Gasteiger partial charge < -0.3 is 0 Å². The molecular formula is C41H33Cl5FI3N14Si. The minimum atomic E-state index is -1.21. The monoisotopic (exact) mass is 1320 g/mol. The zero-order valence-electron chi connectivity index (χ0n) is 34.6. The molecule has 8 aromatic heterocycles. The number of hydrogen-bond acceptors (Lipinski definition) is 11. The number of hydrogen-bond donors (Lipinski definition) is 0. The van der Waals surface area contributed by atoms with Crippen LogP contribution >= 0.6 is 126 Å². The van der Waals surface area contributed by atoms with Crippen molar-refractivity contribution in [1.29, 1.82) is 0 Å². The lowest BCUT2D eigenvalue weighted by molar-refractivity contribution is 0.502. The van der Waals surface area contributed by atoms with Crippen LogP contribution in [0.5, 0.6) is 0 Å². The van der Waals surface area contributed by atoms with Crippen LogP contribution in [-0.4, -0.2) is 78.0 Å². The number of aryl methyl sites for hydroxylation is 2. The molecule has 24 heteroatoms. The van der Waals surface area contributed by atoms with Crippen LogP contribution in [-0.2, 0) is 20.3 Å². The molecule has 0 N–H and O–H groups in total. The molecule has 0 atom stereocenters. The van der Waals surface area contributed by atoms with E-state index in [1.807, 2.05) is 52.5 Å². The van der Waals surface area contributed by atoms with Gasteiger partial charge in [0.05, 0.1) is 8.07 Å². The zero-order chi connectivity index (χ0) is 47.7. The van der Waals surface area contributed by atoms with Gasteiger partial charge in [0, 0.05) is 102 Å². The number of rotatable bonds is 5. The normalized spacial score (nSPS) is 10.2. The second kappa shape index (κ2) is 26.4. The average molecular weight is 1330 g/mol. The quantitative estimate of drug-likeness (QED) is 0.0699. The number of nitrogens with zero attached hydrogens (tertiary/aromatic N) is 14. The molecule has 0 aliphatic carbocycles. The van der Waals surface area contributed by atoms with E-state index in [0.717, 1.165) is 51.9 Å². The molecule has 0 amide bonds. The first-order valence-electron chi connectivity index (χ1n) is 18.3. The summed E-state index contributed by atoms with van der Waals surface area (Å²) in [5.74, 6) is 4.79. The van der Waals surface area contributed by atoms with Crippen molar-refractivity contribution in [3.05, 3.63) is 142 Å². The molecule has 0 unspecified atom stereocenters. The number of terminal acetylenes is 1. The second-order valence-corrected chi connectivity index (χ2v) is 23.8. The lowest BCUT2D eigenvalue weighted by atomic mass is 10.2. The van der Waals surface area contributed by atoms with Crippen LogP contribution in [0.3, 0.4) is 0 Å². The Bertz CT molecular complexity index is 2770. The molecule has 0 aliphatic heterocycles. The molecule has 0 fully saturated rings. The van der Waals surface area contributed by atoms with Gasteiger partial charge in [0.15, 0.2) is 5.69 Å². The van der Waals surface area contributed by atoms with Crippen molar-refractivity contribution in [2.75, 3.05) is 0 Å². The Morgan fingerprint density at radius 1 is 0.569 bits per heavy atom. The molecular weight excluding hydrogens is 1290 g/mol. The SMILES string of the molecule is C#Cc1ccc(Cl)nc1.C[Si](C)(C)Cn1nnc(-c2ccc(Cl)nc2)c1I.Clc1ccc(C#CI)cn1.Cn1nnc(-c2ccc(Cl)nc2)c1F.Cn1nnc(-c2ccc(Cl)nc2)c1I. The highest BCUT2D eigenvalue weighted by molar-refractivity contribution is 14.1. The van der Waals surface area contributed by atoms with Crippen molar-refractivity contribution in [1.82, 2.24) is 69.9 Å². The maximum atomic E-state index is 13.3. The minimum absolute atomic E-state index is 0.177. The van der Waals surface area contributed by atoms with Gasteiger partial charge in [-0.15, -0.1) is 21.7 Å². The van der Waals surface area contributed by atoms with Gasteiger partial charge in [0.1, 0.15) is 44.6 Å². The molecule has 8 rings (SSSR count). The molecule has 14 nitrogen and oxygen atoms in total. The maximum Gasteiger partial charge on any atom is 0.239 e. The highest BCUT2D eigenvalue weighted by atomic mass is 127. The standard InChI is InChI=1S/C11H14ClIN4Si.C8H6ClFN4.C8H6ClIN4.C7H3ClIN.C7H4ClN/c1-18(2,3)7-17-11(13)10(15-16-17)8-4-5-9(12)14-6-8;2*1-14-8(10)7(12-13-14)5-2-3-6(9)11-4-5;8-7-2-1-6(3-4-9)5-10-7;1-2-6-3-4-7(8)9-5-6/h4-6H,7H2,1-3H3;2*2-4H,1H3;1-2,5H;1,3-5H. The van der Waals surface area contributed by atoms with Gasteiger partial charge in [-0.2, -0.15) is 4.39 Å². The summed E-state index contributed by atoms with van der Waals surface area (Å²) < 4.78 is 22.9. The Labute approximate surface area is 441 Å². The van der Waals surface area contributed by atoms with Gasteiger partial charge in [-0.25, -0.2) is 39.0 Å². The van der Waals surface area contributed by atoms with E-state index < -0.39 is 14.0 Å². The van der Waals surface area contributed by atoms with E-state index in [1.165, 1.54) is 13.2 Å². The van der Waals surface area contributed by atoms with E-state index >= 15 is 0 Å². The Kier molecular flexibility index (Phi) is 21.8. The van der Waals surface area contributed by atoms with E-state index in [0.29, 0.717) is 31.3 Å². The molecule has 0 aliphatic rings. The fraction of sp³-hybridized carbons (Fsp3) is 0.146. The predicted molar refractivity (Wildman–Crippen MR) is 283 cm³/mol. The molecule has 8 aromatic rings. The van der Waals surface area contributed by atoms with Crippen molar-refractivity contribution in [2.45, 2.75) is 25.8 Å². The molecule has 0 bridgehead atoms. The van der Waals surface area contributed by atoms with Crippen LogP contribution < -0.4 is 0 Å². The minimum Gasteiger partial charge on any atom is -0.244 e. The molecule has 8 heterocycles. The van der Waals surface area contributed by atoms with E-state index in [-0.39, 0.29) is 5.69 Å². The van der Waals surface area contributed by atoms with Crippen LogP contribution in [0.4, 0.5) is 4.39 Å². The average Bonchev–Trinajstić information content (AvgIpc) is 3.94. The van der Waals surface area contributed by atoms with Crippen LogP contribution in [0.1, 0.15) is 11.1 Å². The third-order valence-electron chi connectivity index (χ3n) is 7.63.